The quantitative estimate of drug-likeness (QED) is 0.321. The van der Waals surface area contributed by atoms with E-state index in [1.165, 1.54) is 0 Å². The number of ether oxygens (including phenoxy) is 1. The molecule has 10 heteroatoms. The van der Waals surface area contributed by atoms with Crippen LogP contribution in [0.25, 0.3) is 22.0 Å². The first-order valence-electron chi connectivity index (χ1n) is 10.4. The number of carbonyl (C=O) groups excluding carboxylic acids is 1. The van der Waals surface area contributed by atoms with Crippen molar-refractivity contribution >= 4 is 22.6 Å². The topological polar surface area (TPSA) is 92.8 Å². The second-order valence-electron chi connectivity index (χ2n) is 7.54. The molecule has 5 aromatic rings. The van der Waals surface area contributed by atoms with Gasteiger partial charge in [-0.15, -0.1) is 0 Å². The molecule has 0 aliphatic heterocycles. The number of carbonyl (C=O) groups is 1. The Bertz CT molecular complexity index is 1520. The van der Waals surface area contributed by atoms with Gasteiger partial charge in [0.05, 0.1) is 17.3 Å². The van der Waals surface area contributed by atoms with Crippen LogP contribution in [0.4, 0.5) is 19.0 Å². The lowest BCUT2D eigenvalue weighted by Gasteiger charge is -2.09. The van der Waals surface area contributed by atoms with Crippen molar-refractivity contribution in [3.8, 4) is 22.6 Å². The number of hydrogen-bond donors (Lipinski definition) is 2. The first-order chi connectivity index (χ1) is 16.9. The van der Waals surface area contributed by atoms with Crippen LogP contribution < -0.4 is 10.1 Å². The van der Waals surface area contributed by atoms with Gasteiger partial charge in [0.25, 0.3) is 5.91 Å². The van der Waals surface area contributed by atoms with Gasteiger partial charge in [-0.05, 0) is 48.0 Å². The Hall–Kier alpha value is -4.73. The van der Waals surface area contributed by atoms with E-state index in [1.807, 2.05) is 42.5 Å². The van der Waals surface area contributed by atoms with Gasteiger partial charge in [0.2, 0.25) is 0 Å². The molecule has 0 bridgehead atoms. The fraction of sp³-hybridized carbons (Fsp3) is 0.0400. The molecule has 0 saturated carbocycles. The fourth-order valence-electron chi connectivity index (χ4n) is 3.47. The smallest absolute Gasteiger partial charge is 0.416 e. The second kappa shape index (κ2) is 8.90. The second-order valence-corrected chi connectivity index (χ2v) is 7.54. The zero-order valence-electron chi connectivity index (χ0n) is 17.9. The standard InChI is InChI=1S/C25H16F3N5O2/c26-25(27,28)17-8-9-30-22(12-17)31-24(34)23-20-11-15(6-7-21(20)32-33-23)16-10-19(14-29-13-16)35-18-4-2-1-3-5-18/h1-14H,(H,32,33)(H,30,31,34). The molecule has 2 N–H and O–H groups in total. The van der Waals surface area contributed by atoms with Crippen LogP contribution in [0.3, 0.4) is 0 Å². The van der Waals surface area contributed by atoms with Crippen LogP contribution in [0.1, 0.15) is 16.1 Å². The lowest BCUT2D eigenvalue weighted by atomic mass is 10.0. The van der Waals surface area contributed by atoms with E-state index >= 15 is 0 Å². The van der Waals surface area contributed by atoms with E-state index in [2.05, 4.69) is 25.5 Å². The average Bonchev–Trinajstić information content (AvgIpc) is 3.28. The molecule has 3 aromatic heterocycles. The van der Waals surface area contributed by atoms with Crippen LogP contribution in [-0.4, -0.2) is 26.1 Å². The number of nitrogens with zero attached hydrogens (tertiary/aromatic N) is 3. The highest BCUT2D eigenvalue weighted by Gasteiger charge is 2.31. The summed E-state index contributed by atoms with van der Waals surface area (Å²) in [4.78, 5) is 20.8. The predicted molar refractivity (Wildman–Crippen MR) is 123 cm³/mol. The van der Waals surface area contributed by atoms with Crippen molar-refractivity contribution in [2.24, 2.45) is 0 Å². The number of pyridine rings is 2. The molecule has 0 radical (unpaired) electrons. The van der Waals surface area contributed by atoms with Gasteiger partial charge in [0.1, 0.15) is 17.3 Å². The van der Waals surface area contributed by atoms with Gasteiger partial charge in [-0.2, -0.15) is 18.3 Å². The normalized spacial score (nSPS) is 11.4. The van der Waals surface area contributed by atoms with E-state index in [4.69, 9.17) is 4.74 Å². The first-order valence-corrected chi connectivity index (χ1v) is 10.4. The number of benzene rings is 2. The van der Waals surface area contributed by atoms with E-state index in [0.717, 1.165) is 29.5 Å². The van der Waals surface area contributed by atoms with E-state index in [0.29, 0.717) is 22.4 Å². The molecule has 0 atom stereocenters. The van der Waals surface area contributed by atoms with Crippen molar-refractivity contribution in [3.05, 3.63) is 96.6 Å². The third-order valence-corrected chi connectivity index (χ3v) is 5.13. The monoisotopic (exact) mass is 475 g/mol. The summed E-state index contributed by atoms with van der Waals surface area (Å²) in [6.45, 7) is 0. The Morgan fingerprint density at radius 3 is 2.54 bits per heavy atom. The summed E-state index contributed by atoms with van der Waals surface area (Å²) in [7, 11) is 0. The van der Waals surface area contributed by atoms with Crippen LogP contribution >= 0.6 is 0 Å². The first kappa shape index (κ1) is 22.1. The fourth-order valence-corrected chi connectivity index (χ4v) is 3.47. The minimum Gasteiger partial charge on any atom is -0.456 e. The predicted octanol–water partition coefficient (Wildman–Crippen LogP) is 6.08. The van der Waals surface area contributed by atoms with Gasteiger partial charge in [0, 0.05) is 23.3 Å². The average molecular weight is 475 g/mol. The van der Waals surface area contributed by atoms with Crippen molar-refractivity contribution in [3.63, 3.8) is 0 Å². The minimum absolute atomic E-state index is 0.0192. The summed E-state index contributed by atoms with van der Waals surface area (Å²) in [5.74, 6) is 0.278. The maximum absolute atomic E-state index is 13.0. The lowest BCUT2D eigenvalue weighted by molar-refractivity contribution is -0.137. The van der Waals surface area contributed by atoms with Crippen LogP contribution in [0.15, 0.2) is 85.3 Å². The summed E-state index contributed by atoms with van der Waals surface area (Å²) in [5, 5.41) is 9.67. The molecule has 0 aliphatic rings. The highest BCUT2D eigenvalue weighted by atomic mass is 19.4. The van der Waals surface area contributed by atoms with Crippen LogP contribution in [0.5, 0.6) is 11.5 Å². The number of amides is 1. The Morgan fingerprint density at radius 2 is 1.74 bits per heavy atom. The summed E-state index contributed by atoms with van der Waals surface area (Å²) in [5.41, 5.74) is 1.18. The molecule has 5 rings (SSSR count). The molecule has 7 nitrogen and oxygen atoms in total. The van der Waals surface area contributed by atoms with E-state index in [1.54, 1.807) is 24.5 Å². The Kier molecular flexibility index (Phi) is 5.61. The Balaban J connectivity index is 1.43. The maximum atomic E-state index is 13.0. The Morgan fingerprint density at radius 1 is 0.914 bits per heavy atom. The zero-order chi connectivity index (χ0) is 24.4. The van der Waals surface area contributed by atoms with Gasteiger partial charge in [-0.1, -0.05) is 24.3 Å². The molecule has 3 heterocycles. The van der Waals surface area contributed by atoms with Gasteiger partial charge in [-0.3, -0.25) is 14.9 Å². The maximum Gasteiger partial charge on any atom is 0.416 e. The van der Waals surface area contributed by atoms with E-state index in [9.17, 15) is 18.0 Å². The number of fused-ring (bicyclic) bond motifs is 1. The molecule has 0 spiro atoms. The van der Waals surface area contributed by atoms with Crippen LogP contribution in [0.2, 0.25) is 0 Å². The molecule has 2 aromatic carbocycles. The largest absolute Gasteiger partial charge is 0.456 e. The Labute approximate surface area is 196 Å². The molecule has 0 saturated heterocycles. The zero-order valence-corrected chi connectivity index (χ0v) is 17.9. The number of hydrogen-bond acceptors (Lipinski definition) is 5. The highest BCUT2D eigenvalue weighted by Crippen LogP contribution is 2.31. The number of nitrogens with one attached hydrogen (secondary N) is 2. The lowest BCUT2D eigenvalue weighted by Crippen LogP contribution is -2.15. The van der Waals surface area contributed by atoms with Gasteiger partial charge in [0.15, 0.2) is 5.69 Å². The summed E-state index contributed by atoms with van der Waals surface area (Å²) in [6, 6.07) is 18.0. The molecule has 0 fully saturated rings. The van der Waals surface area contributed by atoms with Crippen LogP contribution in [-0.2, 0) is 6.18 Å². The van der Waals surface area contributed by atoms with Crippen molar-refractivity contribution in [2.75, 3.05) is 5.32 Å². The summed E-state index contributed by atoms with van der Waals surface area (Å²) in [6.07, 6.45) is -0.320. The van der Waals surface area contributed by atoms with E-state index in [-0.39, 0.29) is 11.5 Å². The minimum atomic E-state index is -4.55. The van der Waals surface area contributed by atoms with Crippen molar-refractivity contribution in [1.29, 1.82) is 0 Å². The number of alkyl halides is 3. The number of aromatic amines is 1. The van der Waals surface area contributed by atoms with Crippen LogP contribution in [0, 0.1) is 0 Å². The molecular formula is C25H16F3N5O2. The van der Waals surface area contributed by atoms with Gasteiger partial charge in [-0.25, -0.2) is 4.98 Å². The molecule has 0 unspecified atom stereocenters. The number of para-hydroxylation sites is 1. The summed E-state index contributed by atoms with van der Waals surface area (Å²) < 4.78 is 44.8. The summed E-state index contributed by atoms with van der Waals surface area (Å²) >= 11 is 0. The number of rotatable bonds is 5. The number of aromatic nitrogens is 4. The molecule has 0 aliphatic carbocycles. The highest BCUT2D eigenvalue weighted by molar-refractivity contribution is 6.11. The number of halogens is 3. The van der Waals surface area contributed by atoms with Gasteiger partial charge >= 0.3 is 6.18 Å². The van der Waals surface area contributed by atoms with Crippen molar-refractivity contribution < 1.29 is 22.7 Å². The molecule has 174 valence electrons. The molecule has 1 amide bonds. The molecule has 35 heavy (non-hydrogen) atoms. The third-order valence-electron chi connectivity index (χ3n) is 5.13. The SMILES string of the molecule is O=C(Nc1cc(C(F)(F)F)ccn1)c1n[nH]c2ccc(-c3cncc(Oc4ccccc4)c3)cc12. The van der Waals surface area contributed by atoms with Crippen molar-refractivity contribution in [2.45, 2.75) is 6.18 Å². The molecular weight excluding hydrogens is 459 g/mol. The van der Waals surface area contributed by atoms with Gasteiger partial charge < -0.3 is 10.1 Å². The number of anilines is 1. The number of H-pyrrole nitrogens is 1. The third kappa shape index (κ3) is 4.81. The van der Waals surface area contributed by atoms with E-state index < -0.39 is 17.6 Å². The van der Waals surface area contributed by atoms with Crippen molar-refractivity contribution in [1.82, 2.24) is 20.2 Å².